The van der Waals surface area contributed by atoms with E-state index in [0.717, 1.165) is 0 Å². The molecule has 4 heteroatoms. The molecule has 0 aromatic carbocycles. The summed E-state index contributed by atoms with van der Waals surface area (Å²) < 4.78 is 22.8. The maximum absolute atomic E-state index is 12.3. The van der Waals surface area contributed by atoms with E-state index in [1.54, 1.807) is 6.08 Å². The van der Waals surface area contributed by atoms with E-state index in [0.29, 0.717) is 12.8 Å². The summed E-state index contributed by atoms with van der Waals surface area (Å²) in [7, 11) is -2.94. The molecule has 0 atom stereocenters. The number of allylic oxidation sites excluding steroid dienone is 1. The van der Waals surface area contributed by atoms with Crippen LogP contribution in [0.5, 0.6) is 0 Å². The lowest BCUT2D eigenvalue weighted by Gasteiger charge is -2.37. The zero-order valence-corrected chi connectivity index (χ0v) is 11.1. The highest BCUT2D eigenvalue weighted by atomic mass is 32.2. The van der Waals surface area contributed by atoms with E-state index in [-0.39, 0.29) is 17.3 Å². The van der Waals surface area contributed by atoms with Crippen molar-refractivity contribution in [2.24, 2.45) is 10.8 Å². The van der Waals surface area contributed by atoms with E-state index >= 15 is 0 Å². The van der Waals surface area contributed by atoms with Gasteiger partial charge in [0.2, 0.25) is 0 Å². The Kier molecular flexibility index (Phi) is 3.34. The van der Waals surface area contributed by atoms with Crippen LogP contribution >= 0.6 is 0 Å². The van der Waals surface area contributed by atoms with E-state index < -0.39 is 20.7 Å². The second-order valence-electron chi connectivity index (χ2n) is 5.59. The molecule has 0 aromatic rings. The third-order valence-electron chi connectivity index (χ3n) is 3.24. The average molecular weight is 244 g/mol. The summed E-state index contributed by atoms with van der Waals surface area (Å²) in [6.45, 7) is 9.32. The first-order valence-corrected chi connectivity index (χ1v) is 7.34. The Morgan fingerprint density at radius 1 is 1.25 bits per heavy atom. The molecule has 0 spiro atoms. The Balaban J connectivity index is 2.99. The van der Waals surface area contributed by atoms with Crippen LogP contribution in [0, 0.1) is 10.8 Å². The number of ketones is 1. The Hall–Kier alpha value is -0.640. The number of hydrogen-bond acceptors (Lipinski definition) is 3. The van der Waals surface area contributed by atoms with Crippen molar-refractivity contribution < 1.29 is 13.2 Å². The monoisotopic (exact) mass is 244 g/mol. The average Bonchev–Trinajstić information content (AvgIpc) is 2.17. The fraction of sp³-hybridized carbons (Fsp3) is 0.750. The number of carbonyl (C=O) groups is 1. The van der Waals surface area contributed by atoms with Gasteiger partial charge in [-0.1, -0.05) is 26.8 Å². The van der Waals surface area contributed by atoms with Crippen molar-refractivity contribution in [1.82, 2.24) is 0 Å². The summed E-state index contributed by atoms with van der Waals surface area (Å²) in [5.41, 5.74) is -1.08. The highest BCUT2D eigenvalue weighted by molar-refractivity contribution is 7.91. The molecule has 0 aliphatic carbocycles. The lowest BCUT2D eigenvalue weighted by Crippen LogP contribution is -2.43. The summed E-state index contributed by atoms with van der Waals surface area (Å²) in [4.78, 5) is 12.3. The van der Waals surface area contributed by atoms with Gasteiger partial charge in [0.15, 0.2) is 0 Å². The van der Waals surface area contributed by atoms with E-state index in [2.05, 4.69) is 6.58 Å². The molecule has 0 N–H and O–H groups in total. The lowest BCUT2D eigenvalue weighted by atomic mass is 9.69. The van der Waals surface area contributed by atoms with Crippen molar-refractivity contribution in [2.45, 2.75) is 33.6 Å². The summed E-state index contributed by atoms with van der Waals surface area (Å²) in [5, 5.41) is 0. The molecule has 0 radical (unpaired) electrons. The smallest absolute Gasteiger partial charge is 0.150 e. The fourth-order valence-electron chi connectivity index (χ4n) is 2.17. The van der Waals surface area contributed by atoms with Crippen LogP contribution in [0.2, 0.25) is 0 Å². The first-order chi connectivity index (χ1) is 7.13. The van der Waals surface area contributed by atoms with Gasteiger partial charge in [0, 0.05) is 10.8 Å². The number of Topliss-reactive ketones (excluding diaryl/α,β-unsaturated/α-hetero) is 1. The van der Waals surface area contributed by atoms with Gasteiger partial charge in [-0.25, -0.2) is 8.42 Å². The zero-order chi connectivity index (χ0) is 12.6. The summed E-state index contributed by atoms with van der Waals surface area (Å²) in [6, 6.07) is 0. The van der Waals surface area contributed by atoms with E-state index in [4.69, 9.17) is 0 Å². The second-order valence-corrected chi connectivity index (χ2v) is 7.89. The molecule has 1 saturated heterocycles. The Bertz CT molecular complexity index is 384. The molecule has 0 saturated carbocycles. The Morgan fingerprint density at radius 3 is 2.00 bits per heavy atom. The summed E-state index contributed by atoms with van der Waals surface area (Å²) in [5.74, 6) is 0.298. The molecule has 1 aliphatic heterocycles. The second kappa shape index (κ2) is 3.99. The minimum atomic E-state index is -2.94. The van der Waals surface area contributed by atoms with Crippen LogP contribution in [0.25, 0.3) is 0 Å². The number of sulfone groups is 1. The summed E-state index contributed by atoms with van der Waals surface area (Å²) >= 11 is 0. The molecule has 1 heterocycles. The highest BCUT2D eigenvalue weighted by Crippen LogP contribution is 2.40. The Morgan fingerprint density at radius 2 is 1.69 bits per heavy atom. The number of rotatable bonds is 2. The van der Waals surface area contributed by atoms with Crippen LogP contribution in [-0.4, -0.2) is 25.7 Å². The van der Waals surface area contributed by atoms with Gasteiger partial charge in [-0.2, -0.15) is 0 Å². The van der Waals surface area contributed by atoms with Gasteiger partial charge in [-0.3, -0.25) is 4.79 Å². The van der Waals surface area contributed by atoms with Crippen LogP contribution in [0.3, 0.4) is 0 Å². The predicted molar refractivity (Wildman–Crippen MR) is 65.0 cm³/mol. The SMILES string of the molecule is C=CC1(C(=O)C(C)(C)C)CCS(=O)(=O)CC1. The maximum Gasteiger partial charge on any atom is 0.150 e. The minimum absolute atomic E-state index is 0.0981. The maximum atomic E-state index is 12.3. The van der Waals surface area contributed by atoms with Crippen molar-refractivity contribution in [2.75, 3.05) is 11.5 Å². The zero-order valence-electron chi connectivity index (χ0n) is 10.2. The van der Waals surface area contributed by atoms with Crippen molar-refractivity contribution in [3.63, 3.8) is 0 Å². The van der Waals surface area contributed by atoms with Crippen molar-refractivity contribution in [3.8, 4) is 0 Å². The van der Waals surface area contributed by atoms with Gasteiger partial charge in [-0.15, -0.1) is 6.58 Å². The van der Waals surface area contributed by atoms with Gasteiger partial charge < -0.3 is 0 Å². The number of hydrogen-bond donors (Lipinski definition) is 0. The molecule has 0 bridgehead atoms. The highest BCUT2D eigenvalue weighted by Gasteiger charge is 2.44. The fourth-order valence-corrected chi connectivity index (χ4v) is 3.73. The third kappa shape index (κ3) is 2.54. The first kappa shape index (κ1) is 13.4. The topological polar surface area (TPSA) is 51.2 Å². The van der Waals surface area contributed by atoms with Gasteiger partial charge in [0.05, 0.1) is 11.5 Å². The van der Waals surface area contributed by atoms with Gasteiger partial charge >= 0.3 is 0 Å². The van der Waals surface area contributed by atoms with Gasteiger partial charge in [-0.05, 0) is 12.8 Å². The molecule has 0 aromatic heterocycles. The molecule has 1 aliphatic rings. The van der Waals surface area contributed by atoms with E-state index in [9.17, 15) is 13.2 Å². The normalized spacial score (nSPS) is 23.7. The largest absolute Gasteiger partial charge is 0.298 e. The molecule has 92 valence electrons. The molecule has 1 rings (SSSR count). The summed E-state index contributed by atoms with van der Waals surface area (Å²) in [6.07, 6.45) is 2.42. The van der Waals surface area contributed by atoms with Gasteiger partial charge in [0.1, 0.15) is 15.6 Å². The van der Waals surface area contributed by atoms with E-state index in [1.165, 1.54) is 0 Å². The van der Waals surface area contributed by atoms with Crippen LogP contribution in [0.4, 0.5) is 0 Å². The predicted octanol–water partition coefficient (Wildman–Crippen LogP) is 1.98. The van der Waals surface area contributed by atoms with Crippen molar-refractivity contribution in [3.05, 3.63) is 12.7 Å². The molecule has 3 nitrogen and oxygen atoms in total. The molecular weight excluding hydrogens is 224 g/mol. The molecule has 1 fully saturated rings. The van der Waals surface area contributed by atoms with E-state index in [1.807, 2.05) is 20.8 Å². The number of carbonyl (C=O) groups excluding carboxylic acids is 1. The standard InChI is InChI=1S/C12H20O3S/c1-5-12(10(13)11(2,3)4)6-8-16(14,15)9-7-12/h5H,1,6-9H2,2-4H3. The molecule has 0 unspecified atom stereocenters. The third-order valence-corrected chi connectivity index (χ3v) is 4.89. The van der Waals surface area contributed by atoms with Gasteiger partial charge in [0.25, 0.3) is 0 Å². The Labute approximate surface area is 97.8 Å². The van der Waals surface area contributed by atoms with Crippen LogP contribution in [0.1, 0.15) is 33.6 Å². The first-order valence-electron chi connectivity index (χ1n) is 5.52. The molecular formula is C12H20O3S. The minimum Gasteiger partial charge on any atom is -0.298 e. The lowest BCUT2D eigenvalue weighted by molar-refractivity contribution is -0.134. The van der Waals surface area contributed by atoms with Crippen LogP contribution in [-0.2, 0) is 14.6 Å². The molecule has 16 heavy (non-hydrogen) atoms. The van der Waals surface area contributed by atoms with Crippen LogP contribution < -0.4 is 0 Å². The quantitative estimate of drug-likeness (QED) is 0.698. The van der Waals surface area contributed by atoms with Crippen molar-refractivity contribution >= 4 is 15.6 Å². The van der Waals surface area contributed by atoms with Crippen molar-refractivity contribution in [1.29, 1.82) is 0 Å². The van der Waals surface area contributed by atoms with Crippen LogP contribution in [0.15, 0.2) is 12.7 Å². The molecule has 0 amide bonds.